The van der Waals surface area contributed by atoms with Gasteiger partial charge in [-0.3, -0.25) is 0 Å². The van der Waals surface area contributed by atoms with E-state index in [0.717, 1.165) is 24.8 Å². The van der Waals surface area contributed by atoms with Crippen molar-refractivity contribution in [3.8, 4) is 0 Å². The quantitative estimate of drug-likeness (QED) is 0.801. The van der Waals surface area contributed by atoms with Gasteiger partial charge in [-0.1, -0.05) is 59.4 Å². The summed E-state index contributed by atoms with van der Waals surface area (Å²) in [5.41, 5.74) is 0.914. The molecule has 0 fully saturated rings. The summed E-state index contributed by atoms with van der Waals surface area (Å²) in [5, 5.41) is 10.7. The number of hydrogen-bond donors (Lipinski definition) is 1. The van der Waals surface area contributed by atoms with Crippen molar-refractivity contribution in [2.45, 2.75) is 37.1 Å². The number of hydrogen-bond acceptors (Lipinski definition) is 1. The second-order valence-corrected chi connectivity index (χ2v) is 5.27. The molecule has 3 heteroatoms. The summed E-state index contributed by atoms with van der Waals surface area (Å²) in [6, 6.07) is 7.35. The molecule has 0 aliphatic carbocycles. The number of rotatable bonds is 5. The summed E-state index contributed by atoms with van der Waals surface area (Å²) in [7, 11) is 0. The van der Waals surface area contributed by atoms with Gasteiger partial charge in [0, 0.05) is 9.85 Å². The van der Waals surface area contributed by atoms with E-state index >= 15 is 0 Å². The van der Waals surface area contributed by atoms with Crippen molar-refractivity contribution in [1.82, 2.24) is 0 Å². The third-order valence-corrected chi connectivity index (χ3v) is 3.60. The molecule has 84 valence electrons. The van der Waals surface area contributed by atoms with Gasteiger partial charge in [-0.25, -0.2) is 0 Å². The molecule has 15 heavy (non-hydrogen) atoms. The molecular weight excluding hydrogens is 275 g/mol. The molecule has 0 saturated heterocycles. The van der Waals surface area contributed by atoms with Crippen LogP contribution in [0.5, 0.6) is 0 Å². The van der Waals surface area contributed by atoms with Crippen molar-refractivity contribution in [1.29, 1.82) is 0 Å². The first kappa shape index (κ1) is 13.0. The molecule has 0 saturated carbocycles. The van der Waals surface area contributed by atoms with Crippen molar-refractivity contribution < 1.29 is 5.11 Å². The molecule has 2 atom stereocenters. The zero-order valence-corrected chi connectivity index (χ0v) is 11.1. The maximum atomic E-state index is 10.0. The van der Waals surface area contributed by atoms with Gasteiger partial charge in [0.25, 0.3) is 0 Å². The molecule has 0 bridgehead atoms. The minimum atomic E-state index is -0.450. The summed E-state index contributed by atoms with van der Waals surface area (Å²) in [6.07, 6.45) is 2.81. The lowest BCUT2D eigenvalue weighted by Crippen LogP contribution is -2.11. The highest BCUT2D eigenvalue weighted by atomic mass is 79.9. The summed E-state index contributed by atoms with van der Waals surface area (Å²) in [5.74, 6) is 0. The summed E-state index contributed by atoms with van der Waals surface area (Å²) >= 11 is 9.30. The van der Waals surface area contributed by atoms with Crippen LogP contribution in [0, 0.1) is 0 Å². The molecular formula is C12H16BrClO. The van der Waals surface area contributed by atoms with Gasteiger partial charge in [-0.15, -0.1) is 0 Å². The number of aliphatic hydroxyl groups is 1. The van der Waals surface area contributed by atoms with Crippen LogP contribution in [0.2, 0.25) is 5.02 Å². The first-order valence-electron chi connectivity index (χ1n) is 5.22. The number of aliphatic hydroxyl groups excluding tert-OH is 1. The number of unbranched alkanes of at least 4 members (excludes halogenated alkanes) is 1. The molecule has 0 aliphatic rings. The third-order valence-electron chi connectivity index (χ3n) is 2.39. The van der Waals surface area contributed by atoms with Crippen LogP contribution in [0.1, 0.15) is 37.9 Å². The molecule has 1 rings (SSSR count). The fourth-order valence-corrected chi connectivity index (χ4v) is 2.18. The van der Waals surface area contributed by atoms with Gasteiger partial charge in [0.15, 0.2) is 0 Å². The van der Waals surface area contributed by atoms with Crippen molar-refractivity contribution in [3.63, 3.8) is 0 Å². The first-order chi connectivity index (χ1) is 7.15. The molecule has 1 aromatic rings. The van der Waals surface area contributed by atoms with E-state index in [-0.39, 0.29) is 4.83 Å². The van der Waals surface area contributed by atoms with E-state index in [4.69, 9.17) is 11.6 Å². The van der Waals surface area contributed by atoms with Gasteiger partial charge < -0.3 is 5.11 Å². The lowest BCUT2D eigenvalue weighted by molar-refractivity contribution is 0.172. The minimum Gasteiger partial charge on any atom is -0.387 e. The minimum absolute atomic E-state index is 0.124. The van der Waals surface area contributed by atoms with Gasteiger partial charge >= 0.3 is 0 Å². The zero-order chi connectivity index (χ0) is 11.3. The molecule has 0 spiro atoms. The van der Waals surface area contributed by atoms with E-state index in [9.17, 15) is 5.11 Å². The van der Waals surface area contributed by atoms with Crippen LogP contribution in [0.4, 0.5) is 0 Å². The maximum absolute atomic E-state index is 10.0. The Morgan fingerprint density at radius 2 is 1.93 bits per heavy atom. The summed E-state index contributed by atoms with van der Waals surface area (Å²) in [4.78, 5) is 0.124. The second-order valence-electron chi connectivity index (χ2n) is 3.65. The van der Waals surface area contributed by atoms with Crippen LogP contribution in [0.25, 0.3) is 0 Å². The molecule has 0 amide bonds. The fourth-order valence-electron chi connectivity index (χ4n) is 1.43. The van der Waals surface area contributed by atoms with Crippen LogP contribution in [-0.2, 0) is 0 Å². The Kier molecular flexibility index (Phi) is 5.65. The summed E-state index contributed by atoms with van der Waals surface area (Å²) in [6.45, 7) is 2.15. The van der Waals surface area contributed by atoms with E-state index in [1.807, 2.05) is 12.1 Å². The molecule has 1 N–H and O–H groups in total. The van der Waals surface area contributed by atoms with E-state index in [1.54, 1.807) is 12.1 Å². The average molecular weight is 292 g/mol. The molecule has 2 unspecified atom stereocenters. The largest absolute Gasteiger partial charge is 0.387 e. The van der Waals surface area contributed by atoms with Gasteiger partial charge in [0.2, 0.25) is 0 Å². The average Bonchev–Trinajstić information content (AvgIpc) is 2.26. The van der Waals surface area contributed by atoms with E-state index in [2.05, 4.69) is 22.9 Å². The van der Waals surface area contributed by atoms with E-state index in [0.29, 0.717) is 5.02 Å². The van der Waals surface area contributed by atoms with Gasteiger partial charge in [0.1, 0.15) is 0 Å². The monoisotopic (exact) mass is 290 g/mol. The molecule has 0 aromatic heterocycles. The Bertz CT molecular complexity index is 286. The highest BCUT2D eigenvalue weighted by Crippen LogP contribution is 2.27. The van der Waals surface area contributed by atoms with E-state index in [1.165, 1.54) is 0 Å². The van der Waals surface area contributed by atoms with Crippen molar-refractivity contribution in [3.05, 3.63) is 34.9 Å². The molecule has 0 heterocycles. The second kappa shape index (κ2) is 6.51. The highest BCUT2D eigenvalue weighted by Gasteiger charge is 2.16. The van der Waals surface area contributed by atoms with Crippen molar-refractivity contribution >= 4 is 27.5 Å². The molecule has 1 aromatic carbocycles. The molecule has 0 radical (unpaired) electrons. The predicted molar refractivity (Wildman–Crippen MR) is 68.7 cm³/mol. The standard InChI is InChI=1S/C12H16BrClO/c1-2-3-4-11(13)12(15)9-5-7-10(14)8-6-9/h5-8,11-12,15H,2-4H2,1H3. The van der Waals surface area contributed by atoms with Crippen LogP contribution in [0.3, 0.4) is 0 Å². The maximum Gasteiger partial charge on any atom is 0.0914 e. The van der Waals surface area contributed by atoms with Gasteiger partial charge in [-0.05, 0) is 24.1 Å². The lowest BCUT2D eigenvalue weighted by atomic mass is 10.0. The Labute approximate surface area is 105 Å². The Morgan fingerprint density at radius 1 is 1.33 bits per heavy atom. The number of halogens is 2. The Balaban J connectivity index is 2.59. The van der Waals surface area contributed by atoms with Gasteiger partial charge in [0.05, 0.1) is 6.10 Å². The first-order valence-corrected chi connectivity index (χ1v) is 6.52. The normalized spacial score (nSPS) is 14.9. The fraction of sp³-hybridized carbons (Fsp3) is 0.500. The van der Waals surface area contributed by atoms with Crippen molar-refractivity contribution in [2.24, 2.45) is 0 Å². The van der Waals surface area contributed by atoms with Crippen LogP contribution < -0.4 is 0 Å². The molecule has 0 aliphatic heterocycles. The SMILES string of the molecule is CCCCC(Br)C(O)c1ccc(Cl)cc1. The number of benzene rings is 1. The lowest BCUT2D eigenvalue weighted by Gasteiger charge is -2.17. The Hall–Kier alpha value is -0.0500. The highest BCUT2D eigenvalue weighted by molar-refractivity contribution is 9.09. The Morgan fingerprint density at radius 3 is 2.47 bits per heavy atom. The van der Waals surface area contributed by atoms with Crippen LogP contribution in [0.15, 0.2) is 24.3 Å². The molecule has 1 nitrogen and oxygen atoms in total. The van der Waals surface area contributed by atoms with Crippen molar-refractivity contribution in [2.75, 3.05) is 0 Å². The van der Waals surface area contributed by atoms with Crippen LogP contribution in [-0.4, -0.2) is 9.93 Å². The topological polar surface area (TPSA) is 20.2 Å². The van der Waals surface area contributed by atoms with Crippen LogP contribution >= 0.6 is 27.5 Å². The van der Waals surface area contributed by atoms with E-state index < -0.39 is 6.10 Å². The summed E-state index contributed by atoms with van der Waals surface area (Å²) < 4.78 is 0. The predicted octanol–water partition coefficient (Wildman–Crippen LogP) is 4.33. The zero-order valence-electron chi connectivity index (χ0n) is 8.79. The third kappa shape index (κ3) is 4.13. The smallest absolute Gasteiger partial charge is 0.0914 e. The van der Waals surface area contributed by atoms with Gasteiger partial charge in [-0.2, -0.15) is 0 Å². The number of alkyl halides is 1.